The van der Waals surface area contributed by atoms with Gasteiger partial charge in [-0.1, -0.05) is 19.3 Å². The topological polar surface area (TPSA) is 57.5 Å². The number of carboxylic acids is 1. The highest BCUT2D eigenvalue weighted by atomic mass is 16.4. The van der Waals surface area contributed by atoms with E-state index in [0.717, 1.165) is 29.5 Å². The fourth-order valence-electron chi connectivity index (χ4n) is 3.77. The molecule has 1 atom stereocenters. The van der Waals surface area contributed by atoms with Gasteiger partial charge in [0, 0.05) is 0 Å². The molecule has 1 aromatic carbocycles. The van der Waals surface area contributed by atoms with Crippen LogP contribution >= 0.6 is 0 Å². The van der Waals surface area contributed by atoms with E-state index in [9.17, 15) is 15.0 Å². The molecule has 0 aromatic heterocycles. The molecule has 20 heavy (non-hydrogen) atoms. The standard InChI is InChI=1S/C17H24O3/c1-11-8-14(18)9-12(2)17(11)15(10-16(19)20)13-6-4-3-5-7-13/h8-9,13,15,18H,3-7,10H2,1-2H3,(H,19,20)/t15-/m1/s1. The van der Waals surface area contributed by atoms with E-state index in [4.69, 9.17) is 0 Å². The van der Waals surface area contributed by atoms with Gasteiger partial charge in [0.25, 0.3) is 0 Å². The molecule has 0 amide bonds. The molecule has 0 aliphatic heterocycles. The fourth-order valence-corrected chi connectivity index (χ4v) is 3.77. The lowest BCUT2D eigenvalue weighted by Crippen LogP contribution is -2.21. The van der Waals surface area contributed by atoms with Crippen molar-refractivity contribution in [1.29, 1.82) is 0 Å². The molecule has 1 aromatic rings. The Morgan fingerprint density at radius 3 is 2.25 bits per heavy atom. The first-order chi connectivity index (χ1) is 9.49. The summed E-state index contributed by atoms with van der Waals surface area (Å²) >= 11 is 0. The van der Waals surface area contributed by atoms with E-state index < -0.39 is 5.97 Å². The van der Waals surface area contributed by atoms with E-state index >= 15 is 0 Å². The predicted octanol–water partition coefficient (Wildman–Crippen LogP) is 4.15. The second-order valence-electron chi connectivity index (χ2n) is 6.10. The highest BCUT2D eigenvalue weighted by Gasteiger charge is 2.29. The number of phenols is 1. The Bertz CT molecular complexity index is 464. The SMILES string of the molecule is Cc1cc(O)cc(C)c1[C@H](CC(=O)O)C1CCCCC1. The lowest BCUT2D eigenvalue weighted by molar-refractivity contribution is -0.137. The molecule has 0 spiro atoms. The van der Waals surface area contributed by atoms with Crippen LogP contribution in [0.2, 0.25) is 0 Å². The molecule has 1 aliphatic rings. The molecule has 0 radical (unpaired) electrons. The van der Waals surface area contributed by atoms with E-state index in [-0.39, 0.29) is 18.1 Å². The van der Waals surface area contributed by atoms with Crippen LogP contribution in [0.5, 0.6) is 5.75 Å². The first-order valence-corrected chi connectivity index (χ1v) is 7.51. The quantitative estimate of drug-likeness (QED) is 0.868. The number of phenolic OH excluding ortho intramolecular Hbond substituents is 1. The Balaban J connectivity index is 2.37. The Hall–Kier alpha value is -1.51. The van der Waals surface area contributed by atoms with Crippen molar-refractivity contribution in [3.63, 3.8) is 0 Å². The molecule has 2 N–H and O–H groups in total. The third-order valence-corrected chi connectivity index (χ3v) is 4.56. The van der Waals surface area contributed by atoms with E-state index in [2.05, 4.69) is 0 Å². The molecular formula is C17H24O3. The van der Waals surface area contributed by atoms with Gasteiger partial charge in [0.15, 0.2) is 0 Å². The van der Waals surface area contributed by atoms with E-state index in [1.54, 1.807) is 12.1 Å². The maximum Gasteiger partial charge on any atom is 0.303 e. The minimum atomic E-state index is -0.729. The number of benzene rings is 1. The lowest BCUT2D eigenvalue weighted by atomic mass is 9.73. The van der Waals surface area contributed by atoms with Crippen LogP contribution in [0, 0.1) is 19.8 Å². The van der Waals surface area contributed by atoms with Gasteiger partial charge in [0.2, 0.25) is 0 Å². The zero-order chi connectivity index (χ0) is 14.7. The number of aryl methyl sites for hydroxylation is 2. The third kappa shape index (κ3) is 3.33. The average Bonchev–Trinajstić information content (AvgIpc) is 2.37. The summed E-state index contributed by atoms with van der Waals surface area (Å²) in [6, 6.07) is 3.50. The zero-order valence-electron chi connectivity index (χ0n) is 12.4. The van der Waals surface area contributed by atoms with Crippen molar-refractivity contribution in [2.45, 2.75) is 58.3 Å². The molecule has 1 aliphatic carbocycles. The minimum Gasteiger partial charge on any atom is -0.508 e. The fraction of sp³-hybridized carbons (Fsp3) is 0.588. The summed E-state index contributed by atoms with van der Waals surface area (Å²) in [6.45, 7) is 3.94. The van der Waals surface area contributed by atoms with Crippen molar-refractivity contribution in [2.75, 3.05) is 0 Å². The first kappa shape index (κ1) is 14.9. The van der Waals surface area contributed by atoms with Gasteiger partial charge >= 0.3 is 5.97 Å². The van der Waals surface area contributed by atoms with Gasteiger partial charge in [-0.3, -0.25) is 4.79 Å². The van der Waals surface area contributed by atoms with Gasteiger partial charge in [0.05, 0.1) is 6.42 Å². The number of rotatable bonds is 4. The number of hydrogen-bond acceptors (Lipinski definition) is 2. The molecule has 3 heteroatoms. The number of carbonyl (C=O) groups is 1. The minimum absolute atomic E-state index is 0.0772. The molecule has 0 saturated heterocycles. The van der Waals surface area contributed by atoms with Gasteiger partial charge in [-0.05, 0) is 67.3 Å². The zero-order valence-corrected chi connectivity index (χ0v) is 12.4. The van der Waals surface area contributed by atoms with Gasteiger partial charge in [-0.2, -0.15) is 0 Å². The molecule has 0 bridgehead atoms. The number of carboxylic acid groups (broad SMARTS) is 1. The number of aliphatic carboxylic acids is 1. The Morgan fingerprint density at radius 2 is 1.75 bits per heavy atom. The molecule has 0 heterocycles. The Labute approximate surface area is 120 Å². The summed E-state index contributed by atoms with van der Waals surface area (Å²) in [5, 5.41) is 18.9. The monoisotopic (exact) mass is 276 g/mol. The lowest BCUT2D eigenvalue weighted by Gasteiger charge is -2.31. The second kappa shape index (κ2) is 6.29. The van der Waals surface area contributed by atoms with E-state index in [1.807, 2.05) is 13.8 Å². The highest BCUT2D eigenvalue weighted by Crippen LogP contribution is 2.41. The third-order valence-electron chi connectivity index (χ3n) is 4.56. The van der Waals surface area contributed by atoms with Crippen molar-refractivity contribution >= 4 is 5.97 Å². The number of aromatic hydroxyl groups is 1. The van der Waals surface area contributed by atoms with Gasteiger partial charge in [-0.15, -0.1) is 0 Å². The van der Waals surface area contributed by atoms with E-state index in [0.29, 0.717) is 5.92 Å². The maximum atomic E-state index is 11.3. The summed E-state index contributed by atoms with van der Waals surface area (Å²) in [7, 11) is 0. The molecule has 2 rings (SSSR count). The molecule has 110 valence electrons. The largest absolute Gasteiger partial charge is 0.508 e. The van der Waals surface area contributed by atoms with E-state index in [1.165, 1.54) is 19.3 Å². The molecule has 3 nitrogen and oxygen atoms in total. The highest BCUT2D eigenvalue weighted by molar-refractivity contribution is 5.68. The van der Waals surface area contributed by atoms with Crippen LogP contribution in [-0.2, 0) is 4.79 Å². The van der Waals surface area contributed by atoms with Crippen LogP contribution in [0.1, 0.15) is 61.1 Å². The summed E-state index contributed by atoms with van der Waals surface area (Å²) < 4.78 is 0. The summed E-state index contributed by atoms with van der Waals surface area (Å²) in [4.78, 5) is 11.3. The average molecular weight is 276 g/mol. The van der Waals surface area contributed by atoms with Crippen LogP contribution in [0.15, 0.2) is 12.1 Å². The van der Waals surface area contributed by atoms with Gasteiger partial charge in [-0.25, -0.2) is 0 Å². The molecule has 0 unspecified atom stereocenters. The first-order valence-electron chi connectivity index (χ1n) is 7.51. The second-order valence-corrected chi connectivity index (χ2v) is 6.10. The van der Waals surface area contributed by atoms with Crippen molar-refractivity contribution in [3.8, 4) is 5.75 Å². The van der Waals surface area contributed by atoms with Crippen molar-refractivity contribution in [2.24, 2.45) is 5.92 Å². The van der Waals surface area contributed by atoms with Crippen molar-refractivity contribution in [1.82, 2.24) is 0 Å². The summed E-state index contributed by atoms with van der Waals surface area (Å²) in [6.07, 6.45) is 6.12. The van der Waals surface area contributed by atoms with Crippen molar-refractivity contribution in [3.05, 3.63) is 28.8 Å². The number of hydrogen-bond donors (Lipinski definition) is 2. The Morgan fingerprint density at radius 1 is 1.20 bits per heavy atom. The van der Waals surface area contributed by atoms with Crippen LogP contribution in [0.25, 0.3) is 0 Å². The van der Waals surface area contributed by atoms with Crippen LogP contribution < -0.4 is 0 Å². The van der Waals surface area contributed by atoms with Crippen LogP contribution in [0.4, 0.5) is 0 Å². The smallest absolute Gasteiger partial charge is 0.303 e. The van der Waals surface area contributed by atoms with Crippen molar-refractivity contribution < 1.29 is 15.0 Å². The van der Waals surface area contributed by atoms with Crippen LogP contribution in [0.3, 0.4) is 0 Å². The summed E-state index contributed by atoms with van der Waals surface area (Å²) in [5.41, 5.74) is 3.16. The van der Waals surface area contributed by atoms with Crippen LogP contribution in [-0.4, -0.2) is 16.2 Å². The normalized spacial score (nSPS) is 17.9. The Kier molecular flexibility index (Phi) is 4.69. The van der Waals surface area contributed by atoms with Gasteiger partial charge in [0.1, 0.15) is 5.75 Å². The van der Waals surface area contributed by atoms with Gasteiger partial charge < -0.3 is 10.2 Å². The predicted molar refractivity (Wildman–Crippen MR) is 79.1 cm³/mol. The molecular weight excluding hydrogens is 252 g/mol. The molecule has 1 saturated carbocycles. The summed E-state index contributed by atoms with van der Waals surface area (Å²) in [5.74, 6) is 0.0733. The molecule has 1 fully saturated rings. The maximum absolute atomic E-state index is 11.3.